The van der Waals surface area contributed by atoms with Gasteiger partial charge in [0.15, 0.2) is 0 Å². The molecule has 0 spiro atoms. The van der Waals surface area contributed by atoms with E-state index in [-0.39, 0.29) is 0 Å². The molecule has 1 aliphatic heterocycles. The van der Waals surface area contributed by atoms with Crippen molar-refractivity contribution in [3.05, 3.63) is 47.2 Å². The van der Waals surface area contributed by atoms with Crippen LogP contribution < -0.4 is 8.58 Å². The molecule has 0 aliphatic carbocycles. The number of hydrogen-bond donors (Lipinski definition) is 2. The van der Waals surface area contributed by atoms with Gasteiger partial charge in [0.05, 0.1) is 23.5 Å². The second-order valence-electron chi connectivity index (χ2n) is 4.28. The van der Waals surface area contributed by atoms with Crippen molar-refractivity contribution >= 4 is 56.9 Å². The third-order valence-electron chi connectivity index (χ3n) is 2.93. The molecule has 0 radical (unpaired) electrons. The lowest BCUT2D eigenvalue weighted by Gasteiger charge is -2.15. The molecule has 2 heterocycles. The Morgan fingerprint density at radius 2 is 1.95 bits per heavy atom. The molecule has 0 atom stereocenters. The number of fused-ring (bicyclic) bond motifs is 1. The van der Waals surface area contributed by atoms with Gasteiger partial charge in [0.25, 0.3) is 0 Å². The van der Waals surface area contributed by atoms with Gasteiger partial charge in [0, 0.05) is 6.20 Å². The Kier molecular flexibility index (Phi) is 4.02. The summed E-state index contributed by atoms with van der Waals surface area (Å²) >= 11 is 5.59. The summed E-state index contributed by atoms with van der Waals surface area (Å²) < 4.78 is 6.68. The molecule has 102 valence electrons. The van der Waals surface area contributed by atoms with E-state index in [1.54, 1.807) is 24.5 Å². The molecule has 0 unspecified atom stereocenters. The van der Waals surface area contributed by atoms with E-state index in [0.717, 1.165) is 16.9 Å². The van der Waals surface area contributed by atoms with Crippen molar-refractivity contribution in [3.8, 4) is 0 Å². The lowest BCUT2D eigenvalue weighted by atomic mass is 9.80. The Morgan fingerprint density at radius 1 is 1.20 bits per heavy atom. The maximum Gasteiger partial charge on any atom is 0.488 e. The van der Waals surface area contributed by atoms with Gasteiger partial charge in [0.2, 0.25) is 0 Å². The van der Waals surface area contributed by atoms with E-state index in [9.17, 15) is 0 Å². The zero-order valence-electron chi connectivity index (χ0n) is 10.2. The first-order valence-electron chi connectivity index (χ1n) is 5.86. The summed E-state index contributed by atoms with van der Waals surface area (Å²) in [7, 11) is -1.43. The maximum absolute atomic E-state index is 9.07. The number of benzene rings is 1. The highest BCUT2D eigenvalue weighted by Crippen LogP contribution is 2.46. The summed E-state index contributed by atoms with van der Waals surface area (Å²) in [6.07, 6.45) is 3.39. The van der Waals surface area contributed by atoms with Crippen LogP contribution >= 0.6 is 32.9 Å². The first kappa shape index (κ1) is 13.9. The average molecular weight is 401 g/mol. The van der Waals surface area contributed by atoms with Crippen LogP contribution in [0.5, 0.6) is 0 Å². The van der Waals surface area contributed by atoms with Crippen molar-refractivity contribution in [1.29, 1.82) is 0 Å². The molecule has 20 heavy (non-hydrogen) atoms. The average Bonchev–Trinajstić information content (AvgIpc) is 2.84. The van der Waals surface area contributed by atoms with Crippen LogP contribution in [-0.4, -0.2) is 22.2 Å². The first-order chi connectivity index (χ1) is 9.65. The monoisotopic (exact) mass is 401 g/mol. The van der Waals surface area contributed by atoms with Crippen LogP contribution in [0.2, 0.25) is 5.02 Å². The fourth-order valence-electron chi connectivity index (χ4n) is 1.87. The van der Waals surface area contributed by atoms with Gasteiger partial charge in [-0.2, -0.15) is 0 Å². The molecule has 2 aromatic rings. The lowest BCUT2D eigenvalue weighted by Crippen LogP contribution is -2.29. The fourth-order valence-corrected chi connectivity index (χ4v) is 4.32. The molecule has 0 bridgehead atoms. The van der Waals surface area contributed by atoms with Crippen molar-refractivity contribution in [2.24, 2.45) is 3.15 Å². The zero-order chi connectivity index (χ0) is 14.1. The van der Waals surface area contributed by atoms with E-state index < -0.39 is 28.4 Å². The Balaban J connectivity index is 1.81. The third kappa shape index (κ3) is 2.71. The van der Waals surface area contributed by atoms with Crippen LogP contribution in [0.1, 0.15) is 5.56 Å². The largest absolute Gasteiger partial charge is 0.488 e. The number of pyridine rings is 1. The van der Waals surface area contributed by atoms with E-state index in [2.05, 4.69) is 11.2 Å². The van der Waals surface area contributed by atoms with E-state index in [4.69, 9.17) is 21.6 Å². The number of halogens is 2. The van der Waals surface area contributed by atoms with Gasteiger partial charge in [-0.05, 0) is 11.0 Å². The summed E-state index contributed by atoms with van der Waals surface area (Å²) in [4.78, 5) is 4.10. The molecule has 1 aliphatic rings. The summed E-state index contributed by atoms with van der Waals surface area (Å²) in [5, 5.41) is 18.7. The number of hydrogen-bond acceptors (Lipinski definition) is 5. The summed E-state index contributed by atoms with van der Waals surface area (Å²) in [5.74, 6) is 0. The highest BCUT2D eigenvalue weighted by atomic mass is 127. The molecule has 2 N–H and O–H groups in total. The van der Waals surface area contributed by atoms with E-state index in [1.807, 2.05) is 12.1 Å². The second-order valence-corrected chi connectivity index (χ2v) is 6.77. The molecule has 0 saturated carbocycles. The molecule has 1 aromatic carbocycles. The van der Waals surface area contributed by atoms with E-state index in [1.165, 1.54) is 0 Å². The van der Waals surface area contributed by atoms with Gasteiger partial charge in [-0.3, -0.25) is 8.10 Å². The summed E-state index contributed by atoms with van der Waals surface area (Å²) in [6.45, 7) is 0.716. The quantitative estimate of drug-likeness (QED) is 0.470. The number of nitrogens with zero attached hydrogens (tertiary/aromatic N) is 3. The van der Waals surface area contributed by atoms with Crippen LogP contribution in [0.15, 0.2) is 39.8 Å². The Bertz CT molecular complexity index is 666. The van der Waals surface area contributed by atoms with Crippen molar-refractivity contribution in [3.63, 3.8) is 0 Å². The minimum Gasteiger partial charge on any atom is -0.423 e. The topological polar surface area (TPSA) is 69.0 Å². The van der Waals surface area contributed by atoms with Gasteiger partial charge in [0.1, 0.15) is 27.0 Å². The molecule has 0 fully saturated rings. The van der Waals surface area contributed by atoms with Crippen molar-refractivity contribution < 1.29 is 10.0 Å². The maximum atomic E-state index is 9.07. The van der Waals surface area contributed by atoms with E-state index >= 15 is 0 Å². The standard InChI is InChI=1S/C12H10BClIN3O2/c14-10-5-16-6-11-12(10)17-15-18(11)7-8-1-3-9(4-2-8)13(19)20/h1-6,19-20H,7H2. The third-order valence-corrected chi connectivity index (χ3v) is 5.28. The molecule has 8 heteroatoms. The normalized spacial score (nSPS) is 13.1. The van der Waals surface area contributed by atoms with Crippen LogP contribution in [0.4, 0.5) is 11.4 Å². The van der Waals surface area contributed by atoms with Crippen LogP contribution in [0, 0.1) is 0 Å². The number of anilines is 1. The second kappa shape index (κ2) is 5.76. The van der Waals surface area contributed by atoms with Crippen LogP contribution in [0.3, 0.4) is 0 Å². The van der Waals surface area contributed by atoms with E-state index in [0.29, 0.717) is 17.0 Å². The lowest BCUT2D eigenvalue weighted by molar-refractivity contribution is 0.426. The fraction of sp³-hybridized carbons (Fsp3) is 0.0833. The van der Waals surface area contributed by atoms with Crippen LogP contribution in [-0.2, 0) is 6.54 Å². The highest BCUT2D eigenvalue weighted by Gasteiger charge is 2.19. The van der Waals surface area contributed by atoms with Gasteiger partial charge in [-0.25, -0.2) is 3.15 Å². The Hall–Kier alpha value is -1.03. The van der Waals surface area contributed by atoms with Crippen molar-refractivity contribution in [2.45, 2.75) is 6.54 Å². The smallest absolute Gasteiger partial charge is 0.423 e. The van der Waals surface area contributed by atoms with Crippen molar-refractivity contribution in [1.82, 2.24) is 4.98 Å². The van der Waals surface area contributed by atoms with Crippen molar-refractivity contribution in [2.75, 3.05) is 3.11 Å². The van der Waals surface area contributed by atoms with Gasteiger partial charge < -0.3 is 10.0 Å². The minimum atomic E-state index is -1.43. The number of aromatic nitrogens is 1. The summed E-state index contributed by atoms with van der Waals surface area (Å²) in [6, 6.07) is 7.19. The molecule has 0 saturated heterocycles. The predicted octanol–water partition coefficient (Wildman–Crippen LogP) is 2.14. The minimum absolute atomic E-state index is 0.482. The molecule has 0 amide bonds. The highest BCUT2D eigenvalue weighted by molar-refractivity contribution is 14.2. The molecular formula is C12H10BClIN3O2. The van der Waals surface area contributed by atoms with Crippen LogP contribution in [0.25, 0.3) is 0 Å². The molecular weight excluding hydrogens is 391 g/mol. The molecule has 3 rings (SSSR count). The molecule has 5 nitrogen and oxygen atoms in total. The van der Waals surface area contributed by atoms with Gasteiger partial charge in [-0.1, -0.05) is 35.9 Å². The SMILES string of the molecule is OB(O)c1ccc(CN2I=Nc3c(Cl)cncc32)cc1. The van der Waals surface area contributed by atoms with Gasteiger partial charge in [-0.15, -0.1) is 0 Å². The molecule has 1 aromatic heterocycles. The number of rotatable bonds is 3. The predicted molar refractivity (Wildman–Crippen MR) is 87.8 cm³/mol. The first-order valence-corrected chi connectivity index (χ1v) is 8.17. The Labute approximate surface area is 131 Å². The zero-order valence-corrected chi connectivity index (χ0v) is 13.2. The summed E-state index contributed by atoms with van der Waals surface area (Å²) in [5.41, 5.74) is 3.37. The van der Waals surface area contributed by atoms with Gasteiger partial charge >= 0.3 is 7.12 Å². The Morgan fingerprint density at radius 3 is 2.65 bits per heavy atom.